The summed E-state index contributed by atoms with van der Waals surface area (Å²) < 4.78 is 0. The van der Waals surface area contributed by atoms with Gasteiger partial charge in [-0.1, -0.05) is 0 Å². The Hall–Kier alpha value is -0.610. The van der Waals surface area contributed by atoms with Crippen LogP contribution in [0, 0.1) is 0 Å². The molecule has 1 amide bonds. The van der Waals surface area contributed by atoms with Gasteiger partial charge in [0.15, 0.2) is 0 Å². The molecule has 0 unspecified atom stereocenters. The summed E-state index contributed by atoms with van der Waals surface area (Å²) in [6, 6.07) is 0. The Morgan fingerprint density at radius 1 is 1.88 bits per heavy atom. The van der Waals surface area contributed by atoms with Crippen LogP contribution in [0.25, 0.3) is 0 Å². The zero-order valence-corrected chi connectivity index (χ0v) is 5.14. The molecular weight excluding hydrogens is 106 g/mol. The summed E-state index contributed by atoms with van der Waals surface area (Å²) in [5.41, 5.74) is 0. The first-order chi connectivity index (χ1) is 3.68. The number of hydrogen-bond acceptors (Lipinski definition) is 3. The predicted octanol–water partition coefficient (Wildman–Crippen LogP) is -1.46. The van der Waals surface area contributed by atoms with Crippen molar-refractivity contribution < 1.29 is 4.79 Å². The van der Waals surface area contributed by atoms with Crippen LogP contribution in [-0.4, -0.2) is 31.6 Å². The van der Waals surface area contributed by atoms with E-state index in [1.165, 1.54) is 7.05 Å². The van der Waals surface area contributed by atoms with Gasteiger partial charge in [0.2, 0.25) is 5.91 Å². The van der Waals surface area contributed by atoms with Crippen molar-refractivity contribution in [2.75, 3.05) is 20.6 Å². The Morgan fingerprint density at radius 3 is 2.50 bits per heavy atom. The normalized spacial score (nSPS) is 8.88. The molecule has 0 fully saturated rings. The zero-order valence-electron chi connectivity index (χ0n) is 5.14. The fourth-order valence-corrected chi connectivity index (χ4v) is 0.276. The van der Waals surface area contributed by atoms with Crippen molar-refractivity contribution in [2.45, 2.75) is 0 Å². The molecule has 0 spiro atoms. The zero-order chi connectivity index (χ0) is 6.57. The lowest BCUT2D eigenvalue weighted by Crippen LogP contribution is -2.38. The lowest BCUT2D eigenvalue weighted by molar-refractivity contribution is -0.129. The molecule has 0 atom stereocenters. The van der Waals surface area contributed by atoms with Gasteiger partial charge < -0.3 is 5.32 Å². The Kier molecular flexibility index (Phi) is 3.14. The molecule has 0 bridgehead atoms. The van der Waals surface area contributed by atoms with Crippen LogP contribution in [-0.2, 0) is 4.79 Å². The Balaban J connectivity index is 3.33. The molecule has 0 saturated heterocycles. The summed E-state index contributed by atoms with van der Waals surface area (Å²) in [5, 5.41) is 3.73. The first-order valence-electron chi connectivity index (χ1n) is 2.34. The summed E-state index contributed by atoms with van der Waals surface area (Å²) >= 11 is 0. The van der Waals surface area contributed by atoms with E-state index >= 15 is 0 Å². The molecular formula is C4H11N3O. The number of hydrazine groups is 1. The van der Waals surface area contributed by atoms with E-state index in [-0.39, 0.29) is 5.91 Å². The van der Waals surface area contributed by atoms with Crippen LogP contribution in [0.4, 0.5) is 0 Å². The van der Waals surface area contributed by atoms with Crippen molar-refractivity contribution in [1.82, 2.24) is 10.3 Å². The van der Waals surface area contributed by atoms with Gasteiger partial charge in [-0.3, -0.25) is 9.80 Å². The molecule has 0 aromatic carbocycles. The number of likely N-dealkylation sites (N-methyl/N-ethyl adjacent to an activating group) is 2. The van der Waals surface area contributed by atoms with Gasteiger partial charge in [0.05, 0.1) is 6.54 Å². The quantitative estimate of drug-likeness (QED) is 0.264. The molecule has 0 aromatic rings. The Labute approximate surface area is 48.6 Å². The number of carbonyl (C=O) groups is 1. The van der Waals surface area contributed by atoms with Crippen molar-refractivity contribution in [3.05, 3.63) is 0 Å². The van der Waals surface area contributed by atoms with E-state index in [1.54, 1.807) is 7.05 Å². The highest BCUT2D eigenvalue weighted by Gasteiger charge is 1.98. The van der Waals surface area contributed by atoms with Crippen LogP contribution in [0.2, 0.25) is 0 Å². The molecule has 0 radical (unpaired) electrons. The molecule has 0 aromatic heterocycles. The van der Waals surface area contributed by atoms with Gasteiger partial charge >= 0.3 is 0 Å². The predicted molar refractivity (Wildman–Crippen MR) is 30.9 cm³/mol. The average Bonchev–Trinajstić information content (AvgIpc) is 1.67. The lowest BCUT2D eigenvalue weighted by atomic mass is 10.6. The molecule has 0 aliphatic rings. The van der Waals surface area contributed by atoms with Gasteiger partial charge in [-0.2, -0.15) is 0 Å². The second-order valence-corrected chi connectivity index (χ2v) is 1.53. The molecule has 0 heterocycles. The van der Waals surface area contributed by atoms with Gasteiger partial charge in [-0.15, -0.1) is 0 Å². The molecule has 3 N–H and O–H groups in total. The maximum Gasteiger partial charge on any atom is 0.250 e. The first-order valence-corrected chi connectivity index (χ1v) is 2.34. The number of carbonyl (C=O) groups excluding carboxylic acids is 1. The van der Waals surface area contributed by atoms with Gasteiger partial charge in [-0.05, 0) is 7.05 Å². The topological polar surface area (TPSA) is 58.4 Å². The SMILES string of the molecule is CNCC(=O)N(C)N. The summed E-state index contributed by atoms with van der Waals surface area (Å²) in [7, 11) is 3.21. The number of hydrogen-bond donors (Lipinski definition) is 2. The van der Waals surface area contributed by atoms with Crippen LogP contribution in [0.1, 0.15) is 0 Å². The van der Waals surface area contributed by atoms with Gasteiger partial charge in [0.1, 0.15) is 0 Å². The largest absolute Gasteiger partial charge is 0.311 e. The maximum atomic E-state index is 10.5. The smallest absolute Gasteiger partial charge is 0.250 e. The van der Waals surface area contributed by atoms with Crippen molar-refractivity contribution in [1.29, 1.82) is 0 Å². The van der Waals surface area contributed by atoms with Crippen LogP contribution < -0.4 is 11.2 Å². The summed E-state index contributed by atoms with van der Waals surface area (Å²) in [5.74, 6) is 4.95. The fourth-order valence-electron chi connectivity index (χ4n) is 0.276. The van der Waals surface area contributed by atoms with Gasteiger partial charge in [-0.25, -0.2) is 5.84 Å². The maximum absolute atomic E-state index is 10.5. The lowest BCUT2D eigenvalue weighted by Gasteiger charge is -2.07. The second-order valence-electron chi connectivity index (χ2n) is 1.53. The number of nitrogens with two attached hydrogens (primary N) is 1. The molecule has 4 nitrogen and oxygen atoms in total. The average molecular weight is 117 g/mol. The first kappa shape index (κ1) is 7.39. The van der Waals surface area contributed by atoms with E-state index in [0.29, 0.717) is 6.54 Å². The fraction of sp³-hybridized carbons (Fsp3) is 0.750. The van der Waals surface area contributed by atoms with Crippen molar-refractivity contribution in [3.8, 4) is 0 Å². The summed E-state index contributed by atoms with van der Waals surface area (Å²) in [4.78, 5) is 10.5. The van der Waals surface area contributed by atoms with Crippen molar-refractivity contribution in [3.63, 3.8) is 0 Å². The van der Waals surface area contributed by atoms with Crippen LogP contribution in [0.3, 0.4) is 0 Å². The van der Waals surface area contributed by atoms with E-state index in [0.717, 1.165) is 5.01 Å². The highest BCUT2D eigenvalue weighted by atomic mass is 16.2. The highest BCUT2D eigenvalue weighted by Crippen LogP contribution is 1.67. The van der Waals surface area contributed by atoms with Gasteiger partial charge in [0, 0.05) is 7.05 Å². The third kappa shape index (κ3) is 2.54. The Bertz CT molecular complexity index is 81.4. The van der Waals surface area contributed by atoms with Gasteiger partial charge in [0.25, 0.3) is 0 Å². The number of rotatable bonds is 2. The number of nitrogens with zero attached hydrogens (tertiary/aromatic N) is 1. The number of nitrogens with one attached hydrogen (secondary N) is 1. The number of amides is 1. The van der Waals surface area contributed by atoms with Crippen LogP contribution >= 0.6 is 0 Å². The molecule has 8 heavy (non-hydrogen) atoms. The minimum Gasteiger partial charge on any atom is -0.311 e. The standard InChI is InChI=1S/C4H11N3O/c1-6-3-4(8)7(2)5/h6H,3,5H2,1-2H3. The summed E-state index contributed by atoms with van der Waals surface area (Å²) in [6.45, 7) is 0.299. The molecule has 0 aliphatic heterocycles. The van der Waals surface area contributed by atoms with E-state index in [9.17, 15) is 4.79 Å². The Morgan fingerprint density at radius 2 is 2.38 bits per heavy atom. The third-order valence-electron chi connectivity index (χ3n) is 0.721. The molecule has 0 saturated carbocycles. The molecule has 0 rings (SSSR count). The van der Waals surface area contributed by atoms with E-state index in [4.69, 9.17) is 5.84 Å². The van der Waals surface area contributed by atoms with E-state index < -0.39 is 0 Å². The minimum atomic E-state index is -0.118. The minimum absolute atomic E-state index is 0.118. The summed E-state index contributed by atoms with van der Waals surface area (Å²) in [6.07, 6.45) is 0. The van der Waals surface area contributed by atoms with Crippen molar-refractivity contribution in [2.24, 2.45) is 5.84 Å². The molecule has 0 aliphatic carbocycles. The second kappa shape index (κ2) is 3.40. The monoisotopic (exact) mass is 117 g/mol. The van der Waals surface area contributed by atoms with Crippen molar-refractivity contribution >= 4 is 5.91 Å². The van der Waals surface area contributed by atoms with Crippen LogP contribution in [0.5, 0.6) is 0 Å². The highest BCUT2D eigenvalue weighted by molar-refractivity contribution is 5.77. The molecule has 48 valence electrons. The molecule has 4 heteroatoms. The van der Waals surface area contributed by atoms with Crippen LogP contribution in [0.15, 0.2) is 0 Å². The van der Waals surface area contributed by atoms with E-state index in [1.807, 2.05) is 0 Å². The van der Waals surface area contributed by atoms with E-state index in [2.05, 4.69) is 5.32 Å². The third-order valence-corrected chi connectivity index (χ3v) is 0.721.